The first-order valence-electron chi connectivity index (χ1n) is 4.17. The fourth-order valence-corrected chi connectivity index (χ4v) is 2.52. The van der Waals surface area contributed by atoms with Crippen LogP contribution in [-0.2, 0) is 6.54 Å². The molecule has 2 N–H and O–H groups in total. The Morgan fingerprint density at radius 2 is 2.29 bits per heavy atom. The summed E-state index contributed by atoms with van der Waals surface area (Å²) in [5.74, 6) is 0. The Morgan fingerprint density at radius 1 is 1.43 bits per heavy atom. The molecule has 0 radical (unpaired) electrons. The fourth-order valence-electron chi connectivity index (χ4n) is 1.20. The summed E-state index contributed by atoms with van der Waals surface area (Å²) in [6.45, 7) is 0.461. The van der Waals surface area contributed by atoms with E-state index >= 15 is 0 Å². The van der Waals surface area contributed by atoms with Gasteiger partial charge in [-0.2, -0.15) is 0 Å². The second kappa shape index (κ2) is 4.08. The Kier molecular flexibility index (Phi) is 2.81. The Bertz CT molecular complexity index is 443. The molecular formula is C9H10N2OS2. The maximum atomic E-state index is 9.82. The van der Waals surface area contributed by atoms with E-state index in [2.05, 4.69) is 0 Å². The van der Waals surface area contributed by atoms with Crippen LogP contribution < -0.4 is 4.80 Å². The first-order valence-corrected chi connectivity index (χ1v) is 5.93. The van der Waals surface area contributed by atoms with E-state index in [4.69, 9.17) is 5.41 Å². The fraction of sp³-hybridized carbons (Fsp3) is 0.222. The van der Waals surface area contributed by atoms with Gasteiger partial charge in [0.25, 0.3) is 0 Å². The van der Waals surface area contributed by atoms with Gasteiger partial charge in [0, 0.05) is 16.5 Å². The third kappa shape index (κ3) is 1.95. The molecule has 0 aliphatic rings. The number of aromatic nitrogens is 1. The summed E-state index contributed by atoms with van der Waals surface area (Å²) in [7, 11) is 0. The zero-order valence-electron chi connectivity index (χ0n) is 7.38. The minimum Gasteiger partial charge on any atom is -0.386 e. The Balaban J connectivity index is 2.13. The van der Waals surface area contributed by atoms with Crippen molar-refractivity contribution in [2.45, 2.75) is 12.6 Å². The van der Waals surface area contributed by atoms with Crippen LogP contribution in [0.1, 0.15) is 11.0 Å². The lowest BCUT2D eigenvalue weighted by Crippen LogP contribution is -2.16. The average molecular weight is 226 g/mol. The number of nitrogens with zero attached hydrogens (tertiary/aromatic N) is 1. The van der Waals surface area contributed by atoms with Crippen molar-refractivity contribution < 1.29 is 5.11 Å². The van der Waals surface area contributed by atoms with Crippen LogP contribution in [0.2, 0.25) is 0 Å². The van der Waals surface area contributed by atoms with Gasteiger partial charge in [-0.05, 0) is 11.4 Å². The molecule has 5 heteroatoms. The third-order valence-corrected chi connectivity index (χ3v) is 3.61. The molecule has 2 rings (SSSR count). The third-order valence-electron chi connectivity index (χ3n) is 1.92. The molecule has 0 saturated carbocycles. The van der Waals surface area contributed by atoms with Crippen molar-refractivity contribution in [1.29, 1.82) is 5.41 Å². The summed E-state index contributed by atoms with van der Waals surface area (Å²) in [5, 5.41) is 21.2. The topological polar surface area (TPSA) is 49.0 Å². The smallest absolute Gasteiger partial charge is 0.181 e. The Labute approximate surface area is 89.4 Å². The highest BCUT2D eigenvalue weighted by atomic mass is 32.1. The molecule has 0 fully saturated rings. The summed E-state index contributed by atoms with van der Waals surface area (Å²) in [4.78, 5) is 1.42. The maximum Gasteiger partial charge on any atom is 0.181 e. The maximum absolute atomic E-state index is 9.82. The Hall–Kier alpha value is -0.910. The summed E-state index contributed by atoms with van der Waals surface area (Å²) < 4.78 is 1.75. The van der Waals surface area contributed by atoms with Gasteiger partial charge in [0.05, 0.1) is 6.54 Å². The highest BCUT2D eigenvalue weighted by molar-refractivity contribution is 7.10. The van der Waals surface area contributed by atoms with Crippen molar-refractivity contribution in [3.63, 3.8) is 0 Å². The van der Waals surface area contributed by atoms with Gasteiger partial charge in [-0.1, -0.05) is 6.07 Å². The van der Waals surface area contributed by atoms with Crippen LogP contribution in [0.4, 0.5) is 0 Å². The van der Waals surface area contributed by atoms with E-state index in [1.165, 1.54) is 22.7 Å². The number of thiazole rings is 1. The molecule has 2 aromatic rings. The lowest BCUT2D eigenvalue weighted by Gasteiger charge is -2.08. The van der Waals surface area contributed by atoms with Gasteiger partial charge in [0.15, 0.2) is 4.80 Å². The monoisotopic (exact) mass is 226 g/mol. The Morgan fingerprint density at radius 3 is 2.86 bits per heavy atom. The molecule has 0 bridgehead atoms. The SMILES string of the molecule is N=c1sccn1C[C@H](O)c1cccs1. The number of thiophene rings is 1. The highest BCUT2D eigenvalue weighted by Crippen LogP contribution is 2.19. The van der Waals surface area contributed by atoms with Crippen molar-refractivity contribution in [2.24, 2.45) is 0 Å². The molecule has 0 amide bonds. The van der Waals surface area contributed by atoms with Crippen LogP contribution in [-0.4, -0.2) is 9.67 Å². The minimum atomic E-state index is -0.501. The molecule has 0 unspecified atom stereocenters. The van der Waals surface area contributed by atoms with E-state index in [1.54, 1.807) is 4.57 Å². The summed E-state index contributed by atoms with van der Waals surface area (Å²) in [6, 6.07) is 3.83. The number of nitrogens with one attached hydrogen (secondary N) is 1. The first kappa shape index (κ1) is 9.64. The zero-order valence-corrected chi connectivity index (χ0v) is 9.02. The molecule has 2 heterocycles. The number of rotatable bonds is 3. The molecule has 74 valence electrons. The molecule has 3 nitrogen and oxygen atoms in total. The van der Waals surface area contributed by atoms with E-state index in [9.17, 15) is 5.11 Å². The van der Waals surface area contributed by atoms with E-state index in [1.807, 2.05) is 29.1 Å². The van der Waals surface area contributed by atoms with Gasteiger partial charge in [-0.15, -0.1) is 22.7 Å². The lowest BCUT2D eigenvalue weighted by molar-refractivity contribution is 0.159. The molecule has 0 aromatic carbocycles. The van der Waals surface area contributed by atoms with E-state index in [-0.39, 0.29) is 0 Å². The van der Waals surface area contributed by atoms with E-state index in [0.717, 1.165) is 4.88 Å². The van der Waals surface area contributed by atoms with Crippen LogP contribution in [0.15, 0.2) is 29.1 Å². The van der Waals surface area contributed by atoms with Gasteiger partial charge in [0.1, 0.15) is 6.10 Å². The molecule has 1 atom stereocenters. The number of hydrogen-bond donors (Lipinski definition) is 2. The van der Waals surface area contributed by atoms with Crippen molar-refractivity contribution >= 4 is 22.7 Å². The molecule has 0 aliphatic carbocycles. The summed E-state index contributed by atoms with van der Waals surface area (Å²) in [6.07, 6.45) is 1.32. The van der Waals surface area contributed by atoms with Gasteiger partial charge < -0.3 is 9.67 Å². The van der Waals surface area contributed by atoms with E-state index in [0.29, 0.717) is 11.3 Å². The van der Waals surface area contributed by atoms with Gasteiger partial charge in [-0.3, -0.25) is 5.41 Å². The van der Waals surface area contributed by atoms with Crippen LogP contribution in [0.5, 0.6) is 0 Å². The van der Waals surface area contributed by atoms with E-state index < -0.39 is 6.10 Å². The standard InChI is InChI=1S/C9H10N2OS2/c10-9-11(3-5-14-9)6-7(12)8-2-1-4-13-8/h1-5,7,10,12H,6H2/t7-/m0/s1. The van der Waals surface area contributed by atoms with Gasteiger partial charge >= 0.3 is 0 Å². The number of aliphatic hydroxyl groups is 1. The number of hydrogen-bond acceptors (Lipinski definition) is 4. The predicted molar refractivity (Wildman–Crippen MR) is 57.4 cm³/mol. The lowest BCUT2D eigenvalue weighted by atomic mass is 10.3. The molecule has 2 aromatic heterocycles. The first-order chi connectivity index (χ1) is 6.77. The van der Waals surface area contributed by atoms with Gasteiger partial charge in [0.2, 0.25) is 0 Å². The van der Waals surface area contributed by atoms with Crippen molar-refractivity contribution in [1.82, 2.24) is 4.57 Å². The number of aliphatic hydroxyl groups excluding tert-OH is 1. The minimum absolute atomic E-state index is 0.461. The zero-order chi connectivity index (χ0) is 9.97. The molecule has 0 aliphatic heterocycles. The van der Waals surface area contributed by atoms with Crippen LogP contribution in [0.3, 0.4) is 0 Å². The van der Waals surface area contributed by atoms with Crippen molar-refractivity contribution in [3.05, 3.63) is 38.8 Å². The average Bonchev–Trinajstić information content (AvgIpc) is 2.77. The van der Waals surface area contributed by atoms with Crippen molar-refractivity contribution in [2.75, 3.05) is 0 Å². The second-order valence-corrected chi connectivity index (χ2v) is 4.77. The molecule has 0 saturated heterocycles. The van der Waals surface area contributed by atoms with Crippen LogP contribution in [0.25, 0.3) is 0 Å². The summed E-state index contributed by atoms with van der Waals surface area (Å²) >= 11 is 2.90. The molecule has 14 heavy (non-hydrogen) atoms. The largest absolute Gasteiger partial charge is 0.386 e. The molecule has 0 spiro atoms. The van der Waals surface area contributed by atoms with Gasteiger partial charge in [-0.25, -0.2) is 0 Å². The second-order valence-electron chi connectivity index (χ2n) is 2.89. The molecular weight excluding hydrogens is 216 g/mol. The summed E-state index contributed by atoms with van der Waals surface area (Å²) in [5.41, 5.74) is 0. The predicted octanol–water partition coefficient (Wildman–Crippen LogP) is 1.82. The normalized spacial score (nSPS) is 12.9. The van der Waals surface area contributed by atoms with Crippen LogP contribution >= 0.6 is 22.7 Å². The quantitative estimate of drug-likeness (QED) is 0.824. The van der Waals surface area contributed by atoms with Crippen molar-refractivity contribution in [3.8, 4) is 0 Å². The highest BCUT2D eigenvalue weighted by Gasteiger charge is 2.09. The van der Waals surface area contributed by atoms with Crippen LogP contribution in [0, 0.1) is 5.41 Å².